The third-order valence-electron chi connectivity index (χ3n) is 2.71. The maximum atomic E-state index is 8.76. The third-order valence-corrected chi connectivity index (χ3v) is 2.71. The topological polar surface area (TPSA) is 77.7 Å². The van der Waals surface area contributed by atoms with Crippen LogP contribution in [0.3, 0.4) is 0 Å². The second-order valence-electron chi connectivity index (χ2n) is 3.99. The van der Waals surface area contributed by atoms with Crippen molar-refractivity contribution < 1.29 is 0 Å². The molecule has 2 aromatic rings. The van der Waals surface area contributed by atoms with Gasteiger partial charge in [-0.2, -0.15) is 10.4 Å². The number of fused-ring (bicyclic) bond motifs is 1. The zero-order valence-corrected chi connectivity index (χ0v) is 10.6. The number of aromatic nitrogens is 3. The van der Waals surface area contributed by atoms with Gasteiger partial charge in [0.05, 0.1) is 35.6 Å². The quantitative estimate of drug-likeness (QED) is 0.670. The summed E-state index contributed by atoms with van der Waals surface area (Å²) < 4.78 is 0. The van der Waals surface area contributed by atoms with Gasteiger partial charge in [0.25, 0.3) is 0 Å². The van der Waals surface area contributed by atoms with E-state index in [1.54, 1.807) is 18.5 Å². The average molecular weight is 251 g/mol. The van der Waals surface area contributed by atoms with Crippen LogP contribution in [0, 0.1) is 11.3 Å². The fourth-order valence-corrected chi connectivity index (χ4v) is 1.73. The van der Waals surface area contributed by atoms with E-state index in [1.807, 2.05) is 19.1 Å². The van der Waals surface area contributed by atoms with Crippen LogP contribution >= 0.6 is 0 Å². The number of hydrogen-bond donors (Lipinski definition) is 1. The molecule has 0 aromatic carbocycles. The van der Waals surface area contributed by atoms with Gasteiger partial charge in [0.15, 0.2) is 0 Å². The molecule has 5 heteroatoms. The number of nitriles is 1. The van der Waals surface area contributed by atoms with Gasteiger partial charge in [0.1, 0.15) is 0 Å². The lowest BCUT2D eigenvalue weighted by Crippen LogP contribution is -1.87. The zero-order chi connectivity index (χ0) is 13.7. The van der Waals surface area contributed by atoms with E-state index in [0.29, 0.717) is 0 Å². The lowest BCUT2D eigenvalue weighted by molar-refractivity contribution is 1.03. The van der Waals surface area contributed by atoms with Crippen molar-refractivity contribution >= 4 is 23.2 Å². The van der Waals surface area contributed by atoms with Crippen LogP contribution in [0.5, 0.6) is 0 Å². The Bertz CT molecular complexity index is 700. The first-order chi connectivity index (χ1) is 9.26. The third kappa shape index (κ3) is 2.75. The van der Waals surface area contributed by atoms with Crippen LogP contribution in [-0.2, 0) is 6.42 Å². The van der Waals surface area contributed by atoms with Crippen molar-refractivity contribution in [1.82, 2.24) is 15.2 Å². The fraction of sp³-hybridized carbons (Fsp3) is 0.143. The highest BCUT2D eigenvalue weighted by molar-refractivity contribution is 5.83. The molecule has 0 amide bonds. The number of allylic oxidation sites excluding steroid dienone is 3. The van der Waals surface area contributed by atoms with E-state index in [4.69, 9.17) is 5.26 Å². The standard InChI is InChI=1S/C14H13N5/c1-10(4-3-7-16-2)13-8-11-12(5-6-15)18-19-14(11)9-17-13/h3-4,7-9H,2,5H2,1H3,(H,18,19)/b7-3-,10-4+. The number of nitrogens with zero attached hydrogens (tertiary/aromatic N) is 4. The number of rotatable bonds is 4. The monoisotopic (exact) mass is 251 g/mol. The SMILES string of the molecule is C=N/C=C\C=C(/C)c1cc2c(CC#N)n[nH]c2cn1. The summed E-state index contributed by atoms with van der Waals surface area (Å²) in [5, 5.41) is 16.7. The Kier molecular flexibility index (Phi) is 3.84. The van der Waals surface area contributed by atoms with E-state index in [-0.39, 0.29) is 6.42 Å². The second-order valence-corrected chi connectivity index (χ2v) is 3.99. The Balaban J connectivity index is 2.42. The summed E-state index contributed by atoms with van der Waals surface area (Å²) >= 11 is 0. The molecule has 0 spiro atoms. The summed E-state index contributed by atoms with van der Waals surface area (Å²) in [6.45, 7) is 5.34. The first-order valence-corrected chi connectivity index (χ1v) is 5.76. The van der Waals surface area contributed by atoms with Crippen molar-refractivity contribution in [2.75, 3.05) is 0 Å². The Morgan fingerprint density at radius 2 is 2.47 bits per heavy atom. The van der Waals surface area contributed by atoms with Gasteiger partial charge in [0, 0.05) is 11.6 Å². The Morgan fingerprint density at radius 1 is 1.63 bits per heavy atom. The minimum absolute atomic E-state index is 0.284. The van der Waals surface area contributed by atoms with Crippen LogP contribution in [0.2, 0.25) is 0 Å². The van der Waals surface area contributed by atoms with Gasteiger partial charge in [-0.1, -0.05) is 6.08 Å². The van der Waals surface area contributed by atoms with Crippen molar-refractivity contribution in [3.63, 3.8) is 0 Å². The second kappa shape index (κ2) is 5.74. The Hall–Kier alpha value is -2.74. The van der Waals surface area contributed by atoms with Crippen LogP contribution in [0.15, 0.2) is 35.6 Å². The molecule has 2 heterocycles. The molecule has 0 aliphatic rings. The van der Waals surface area contributed by atoms with E-state index in [0.717, 1.165) is 27.9 Å². The van der Waals surface area contributed by atoms with Gasteiger partial charge in [0.2, 0.25) is 0 Å². The predicted molar refractivity (Wildman–Crippen MR) is 75.5 cm³/mol. The molecule has 0 saturated heterocycles. The molecular weight excluding hydrogens is 238 g/mol. The molecule has 0 aliphatic carbocycles. The van der Waals surface area contributed by atoms with Crippen LogP contribution in [0.4, 0.5) is 0 Å². The number of nitrogens with one attached hydrogen (secondary N) is 1. The van der Waals surface area contributed by atoms with Gasteiger partial charge < -0.3 is 0 Å². The van der Waals surface area contributed by atoms with E-state index in [1.165, 1.54) is 0 Å². The van der Waals surface area contributed by atoms with E-state index in [2.05, 4.69) is 33.0 Å². The van der Waals surface area contributed by atoms with E-state index in [9.17, 15) is 0 Å². The summed E-state index contributed by atoms with van der Waals surface area (Å²) in [7, 11) is 0. The molecular formula is C14H13N5. The highest BCUT2D eigenvalue weighted by atomic mass is 15.1. The molecule has 2 rings (SSSR count). The molecule has 0 unspecified atom stereocenters. The molecule has 1 N–H and O–H groups in total. The minimum Gasteiger partial charge on any atom is -0.276 e. The highest BCUT2D eigenvalue weighted by Crippen LogP contribution is 2.20. The molecule has 0 bridgehead atoms. The summed E-state index contributed by atoms with van der Waals surface area (Å²) in [6.07, 6.45) is 7.34. The van der Waals surface area contributed by atoms with Crippen molar-refractivity contribution in [1.29, 1.82) is 5.26 Å². The molecule has 2 aromatic heterocycles. The smallest absolute Gasteiger partial charge is 0.0842 e. The number of pyridine rings is 1. The average Bonchev–Trinajstić information content (AvgIpc) is 2.82. The molecule has 0 aliphatic heterocycles. The summed E-state index contributed by atoms with van der Waals surface area (Å²) in [6, 6.07) is 4.04. The van der Waals surface area contributed by atoms with Crippen LogP contribution in [-0.4, -0.2) is 21.9 Å². The van der Waals surface area contributed by atoms with E-state index >= 15 is 0 Å². The number of aromatic amines is 1. The molecule has 0 radical (unpaired) electrons. The normalized spacial score (nSPS) is 11.9. The van der Waals surface area contributed by atoms with Crippen molar-refractivity contribution in [2.45, 2.75) is 13.3 Å². The summed E-state index contributed by atoms with van der Waals surface area (Å²) in [5.74, 6) is 0. The molecule has 0 saturated carbocycles. The molecule has 0 atom stereocenters. The maximum Gasteiger partial charge on any atom is 0.0842 e. The van der Waals surface area contributed by atoms with Crippen molar-refractivity contribution in [3.8, 4) is 6.07 Å². The number of aliphatic imine (C=N–C) groups is 1. The highest BCUT2D eigenvalue weighted by Gasteiger charge is 2.07. The lowest BCUT2D eigenvalue weighted by Gasteiger charge is -2.00. The molecule has 5 nitrogen and oxygen atoms in total. The fourth-order valence-electron chi connectivity index (χ4n) is 1.73. The van der Waals surface area contributed by atoms with Crippen molar-refractivity contribution in [3.05, 3.63) is 42.0 Å². The summed E-state index contributed by atoms with van der Waals surface area (Å²) in [5.41, 5.74) is 3.44. The van der Waals surface area contributed by atoms with Gasteiger partial charge in [-0.15, -0.1) is 0 Å². The maximum absolute atomic E-state index is 8.76. The van der Waals surface area contributed by atoms with Gasteiger partial charge in [-0.05, 0) is 31.4 Å². The zero-order valence-electron chi connectivity index (χ0n) is 10.6. The molecule has 0 fully saturated rings. The van der Waals surface area contributed by atoms with Crippen LogP contribution in [0.1, 0.15) is 18.3 Å². The Labute approximate surface area is 111 Å². The van der Waals surface area contributed by atoms with Gasteiger partial charge in [-0.3, -0.25) is 15.1 Å². The lowest BCUT2D eigenvalue weighted by atomic mass is 10.1. The van der Waals surface area contributed by atoms with Gasteiger partial charge in [-0.25, -0.2) is 0 Å². The predicted octanol–water partition coefficient (Wildman–Crippen LogP) is 2.64. The number of hydrogen-bond acceptors (Lipinski definition) is 4. The molecule has 19 heavy (non-hydrogen) atoms. The first-order valence-electron chi connectivity index (χ1n) is 5.76. The van der Waals surface area contributed by atoms with Crippen LogP contribution < -0.4 is 0 Å². The van der Waals surface area contributed by atoms with Crippen LogP contribution in [0.25, 0.3) is 16.5 Å². The number of H-pyrrole nitrogens is 1. The van der Waals surface area contributed by atoms with Crippen molar-refractivity contribution in [2.24, 2.45) is 4.99 Å². The largest absolute Gasteiger partial charge is 0.276 e. The first kappa shape index (κ1) is 12.7. The summed E-state index contributed by atoms with van der Waals surface area (Å²) in [4.78, 5) is 7.99. The minimum atomic E-state index is 0.284. The van der Waals surface area contributed by atoms with E-state index < -0.39 is 0 Å². The molecule has 94 valence electrons. The van der Waals surface area contributed by atoms with Gasteiger partial charge >= 0.3 is 0 Å². The Morgan fingerprint density at radius 3 is 3.21 bits per heavy atom.